The van der Waals surface area contributed by atoms with Crippen LogP contribution in [0.5, 0.6) is 5.75 Å². The zero-order valence-electron chi connectivity index (χ0n) is 11.7. The highest BCUT2D eigenvalue weighted by Crippen LogP contribution is 2.18. The molecular formula is C13H19NO5S. The second kappa shape index (κ2) is 6.71. The molecule has 1 rings (SSSR count). The lowest BCUT2D eigenvalue weighted by atomic mass is 10.3. The first-order chi connectivity index (χ1) is 9.27. The molecule has 1 aromatic rings. The maximum absolute atomic E-state index is 12.2. The van der Waals surface area contributed by atoms with Gasteiger partial charge in [-0.2, -0.15) is 0 Å². The second-order valence-corrected chi connectivity index (χ2v) is 6.60. The number of aliphatic carboxylic acids is 1. The molecule has 0 aliphatic rings. The third-order valence-corrected chi connectivity index (χ3v) is 4.82. The van der Waals surface area contributed by atoms with Gasteiger partial charge in [-0.05, 0) is 32.2 Å². The predicted molar refractivity (Wildman–Crippen MR) is 74.8 cm³/mol. The van der Waals surface area contributed by atoms with Crippen LogP contribution < -0.4 is 4.74 Å². The van der Waals surface area contributed by atoms with Gasteiger partial charge in [-0.15, -0.1) is 0 Å². The Morgan fingerprint density at radius 2 is 2.10 bits per heavy atom. The van der Waals surface area contributed by atoms with Crippen LogP contribution in [0, 0.1) is 0 Å². The minimum atomic E-state index is -3.46. The molecule has 20 heavy (non-hydrogen) atoms. The molecule has 0 spiro atoms. The van der Waals surface area contributed by atoms with E-state index in [2.05, 4.69) is 0 Å². The molecule has 0 heterocycles. The molecule has 0 aliphatic carbocycles. The fourth-order valence-corrected chi connectivity index (χ4v) is 2.90. The molecule has 0 saturated carbocycles. The van der Waals surface area contributed by atoms with Crippen molar-refractivity contribution in [1.29, 1.82) is 0 Å². The van der Waals surface area contributed by atoms with Crippen LogP contribution >= 0.6 is 0 Å². The summed E-state index contributed by atoms with van der Waals surface area (Å²) >= 11 is 0. The number of benzene rings is 1. The van der Waals surface area contributed by atoms with Gasteiger partial charge in [0, 0.05) is 6.54 Å². The van der Waals surface area contributed by atoms with Crippen LogP contribution in [-0.4, -0.2) is 56.9 Å². The summed E-state index contributed by atoms with van der Waals surface area (Å²) < 4.78 is 29.3. The van der Waals surface area contributed by atoms with Gasteiger partial charge >= 0.3 is 5.97 Å². The Morgan fingerprint density at radius 1 is 1.45 bits per heavy atom. The number of hydrogen-bond acceptors (Lipinski definition) is 5. The van der Waals surface area contributed by atoms with E-state index in [0.717, 1.165) is 0 Å². The minimum absolute atomic E-state index is 0.145. The monoisotopic (exact) mass is 301 g/mol. The highest BCUT2D eigenvalue weighted by molar-refractivity contribution is 7.91. The number of ether oxygens (including phenoxy) is 1. The number of carbonyl (C=O) groups is 1. The van der Waals surface area contributed by atoms with E-state index >= 15 is 0 Å². The third kappa shape index (κ3) is 4.21. The molecule has 1 N–H and O–H groups in total. The van der Waals surface area contributed by atoms with E-state index in [9.17, 15) is 13.2 Å². The summed E-state index contributed by atoms with van der Waals surface area (Å²) in [4.78, 5) is 12.5. The molecule has 0 fully saturated rings. The Kier molecular flexibility index (Phi) is 5.52. The Hall–Kier alpha value is -1.60. The number of likely N-dealkylation sites (N-methyl/N-ethyl adjacent to an activating group) is 1. The summed E-state index contributed by atoms with van der Waals surface area (Å²) in [5, 5.41) is 8.86. The van der Waals surface area contributed by atoms with Crippen LogP contribution in [0.4, 0.5) is 0 Å². The van der Waals surface area contributed by atoms with Crippen molar-refractivity contribution in [2.75, 3.05) is 26.5 Å². The van der Waals surface area contributed by atoms with Gasteiger partial charge in [0.25, 0.3) is 0 Å². The summed E-state index contributed by atoms with van der Waals surface area (Å²) in [5.74, 6) is -0.654. The topological polar surface area (TPSA) is 83.9 Å². The lowest BCUT2D eigenvalue weighted by molar-refractivity contribution is -0.142. The smallest absolute Gasteiger partial charge is 0.320 e. The van der Waals surface area contributed by atoms with Crippen LogP contribution in [0.2, 0.25) is 0 Å². The predicted octanol–water partition coefficient (Wildman–Crippen LogP) is 0.874. The van der Waals surface area contributed by atoms with E-state index in [1.165, 1.54) is 31.1 Å². The summed E-state index contributed by atoms with van der Waals surface area (Å²) in [6.45, 7) is 1.66. The number of hydrogen-bond donors (Lipinski definition) is 1. The van der Waals surface area contributed by atoms with Crippen molar-refractivity contribution in [2.24, 2.45) is 0 Å². The molecule has 1 unspecified atom stereocenters. The molecule has 0 aromatic heterocycles. The highest BCUT2D eigenvalue weighted by Gasteiger charge is 2.21. The van der Waals surface area contributed by atoms with Crippen molar-refractivity contribution in [3.63, 3.8) is 0 Å². The van der Waals surface area contributed by atoms with Crippen LogP contribution in [-0.2, 0) is 14.6 Å². The normalized spacial score (nSPS) is 13.2. The van der Waals surface area contributed by atoms with Gasteiger partial charge in [-0.25, -0.2) is 8.42 Å². The summed E-state index contributed by atoms with van der Waals surface area (Å²) in [6, 6.07) is 5.50. The zero-order valence-corrected chi connectivity index (χ0v) is 12.6. The van der Waals surface area contributed by atoms with E-state index in [-0.39, 0.29) is 17.2 Å². The standard InChI is InChI=1S/C13H19NO5S/c1-10(13(15)16)14(2)7-8-20(17,18)12-6-4-5-11(9-12)19-3/h4-6,9-10H,7-8H2,1-3H3,(H,15,16). The molecule has 0 saturated heterocycles. The molecule has 6 nitrogen and oxygen atoms in total. The second-order valence-electron chi connectivity index (χ2n) is 4.49. The number of sulfone groups is 1. The third-order valence-electron chi connectivity index (χ3n) is 3.13. The molecule has 0 radical (unpaired) electrons. The molecule has 1 atom stereocenters. The maximum Gasteiger partial charge on any atom is 0.320 e. The Balaban J connectivity index is 2.77. The summed E-state index contributed by atoms with van der Waals surface area (Å²) in [5.41, 5.74) is 0. The van der Waals surface area contributed by atoms with Crippen molar-refractivity contribution in [2.45, 2.75) is 17.9 Å². The Morgan fingerprint density at radius 3 is 2.65 bits per heavy atom. The fourth-order valence-electron chi connectivity index (χ4n) is 1.56. The number of rotatable bonds is 7. The van der Waals surface area contributed by atoms with Crippen molar-refractivity contribution in [3.05, 3.63) is 24.3 Å². The first kappa shape index (κ1) is 16.5. The average molecular weight is 301 g/mol. The van der Waals surface area contributed by atoms with Gasteiger partial charge in [-0.3, -0.25) is 9.69 Å². The fraction of sp³-hybridized carbons (Fsp3) is 0.462. The van der Waals surface area contributed by atoms with Crippen molar-refractivity contribution in [1.82, 2.24) is 4.90 Å². The average Bonchev–Trinajstić information content (AvgIpc) is 2.43. The quantitative estimate of drug-likeness (QED) is 0.804. The molecular weight excluding hydrogens is 282 g/mol. The maximum atomic E-state index is 12.2. The molecule has 112 valence electrons. The van der Waals surface area contributed by atoms with E-state index in [4.69, 9.17) is 9.84 Å². The first-order valence-electron chi connectivity index (χ1n) is 6.08. The van der Waals surface area contributed by atoms with Gasteiger partial charge in [0.1, 0.15) is 11.8 Å². The van der Waals surface area contributed by atoms with Gasteiger partial charge < -0.3 is 9.84 Å². The number of carboxylic acid groups (broad SMARTS) is 1. The van der Waals surface area contributed by atoms with Crippen molar-refractivity contribution < 1.29 is 23.1 Å². The molecule has 0 aliphatic heterocycles. The van der Waals surface area contributed by atoms with E-state index < -0.39 is 21.8 Å². The SMILES string of the molecule is COc1cccc(S(=O)(=O)CCN(C)C(C)C(=O)O)c1. The van der Waals surface area contributed by atoms with Gasteiger partial charge in [0.2, 0.25) is 0 Å². The van der Waals surface area contributed by atoms with Crippen LogP contribution in [0.25, 0.3) is 0 Å². The zero-order chi connectivity index (χ0) is 15.3. The first-order valence-corrected chi connectivity index (χ1v) is 7.73. The Labute approximate surface area is 118 Å². The largest absolute Gasteiger partial charge is 0.497 e. The molecule has 0 bridgehead atoms. The number of nitrogens with zero attached hydrogens (tertiary/aromatic N) is 1. The van der Waals surface area contributed by atoms with Gasteiger partial charge in [0.05, 0.1) is 17.8 Å². The number of carboxylic acids is 1. The minimum Gasteiger partial charge on any atom is -0.497 e. The van der Waals surface area contributed by atoms with Crippen molar-refractivity contribution >= 4 is 15.8 Å². The van der Waals surface area contributed by atoms with E-state index in [0.29, 0.717) is 5.75 Å². The number of methoxy groups -OCH3 is 1. The van der Waals surface area contributed by atoms with Gasteiger partial charge in [0.15, 0.2) is 9.84 Å². The lowest BCUT2D eigenvalue weighted by Crippen LogP contribution is -2.38. The Bertz CT molecular complexity index is 570. The van der Waals surface area contributed by atoms with Gasteiger partial charge in [-0.1, -0.05) is 6.07 Å². The molecule has 0 amide bonds. The molecule has 7 heteroatoms. The van der Waals surface area contributed by atoms with Crippen molar-refractivity contribution in [3.8, 4) is 5.75 Å². The van der Waals surface area contributed by atoms with Crippen LogP contribution in [0.15, 0.2) is 29.2 Å². The highest BCUT2D eigenvalue weighted by atomic mass is 32.2. The molecule has 1 aromatic carbocycles. The van der Waals surface area contributed by atoms with Crippen LogP contribution in [0.3, 0.4) is 0 Å². The van der Waals surface area contributed by atoms with E-state index in [1.54, 1.807) is 19.2 Å². The summed E-state index contributed by atoms with van der Waals surface area (Å²) in [6.07, 6.45) is 0. The lowest BCUT2D eigenvalue weighted by Gasteiger charge is -2.20. The van der Waals surface area contributed by atoms with E-state index in [1.807, 2.05) is 0 Å². The summed E-state index contributed by atoms with van der Waals surface area (Å²) in [7, 11) is -0.412. The van der Waals surface area contributed by atoms with Crippen LogP contribution in [0.1, 0.15) is 6.92 Å².